The third-order valence-corrected chi connectivity index (χ3v) is 5.71. The molecule has 2 aliphatic rings. The van der Waals surface area contributed by atoms with Crippen molar-refractivity contribution in [1.29, 1.82) is 0 Å². The first kappa shape index (κ1) is 23.3. The van der Waals surface area contributed by atoms with E-state index < -0.39 is 0 Å². The second-order valence-corrected chi connectivity index (χ2v) is 7.89. The Morgan fingerprint density at radius 3 is 2.66 bits per heavy atom. The van der Waals surface area contributed by atoms with E-state index in [9.17, 15) is 14.4 Å². The lowest BCUT2D eigenvalue weighted by molar-refractivity contribution is -0.131. The quantitative estimate of drug-likeness (QED) is 0.523. The molecule has 2 fully saturated rings. The number of hydrogen-bond donors (Lipinski definition) is 2. The minimum absolute atomic E-state index is 0. The highest BCUT2D eigenvalue weighted by molar-refractivity contribution is 8.18. The monoisotopic (exact) mass is 438 g/mol. The summed E-state index contributed by atoms with van der Waals surface area (Å²) in [6.45, 7) is 3.63. The van der Waals surface area contributed by atoms with Crippen LogP contribution in [0.4, 0.5) is 10.5 Å². The molecule has 158 valence electrons. The molecule has 0 bridgehead atoms. The molecule has 29 heavy (non-hydrogen) atoms. The van der Waals surface area contributed by atoms with Crippen molar-refractivity contribution in [2.45, 2.75) is 25.7 Å². The van der Waals surface area contributed by atoms with Crippen LogP contribution in [0.2, 0.25) is 0 Å². The van der Waals surface area contributed by atoms with Gasteiger partial charge in [-0.05, 0) is 55.3 Å². The highest BCUT2D eigenvalue weighted by atomic mass is 35.5. The number of nitrogens with zero attached hydrogens (tertiary/aromatic N) is 2. The number of anilines is 1. The van der Waals surface area contributed by atoms with Crippen LogP contribution in [0.15, 0.2) is 29.2 Å². The van der Waals surface area contributed by atoms with Gasteiger partial charge in [0.2, 0.25) is 5.91 Å². The maximum absolute atomic E-state index is 12.4. The highest BCUT2D eigenvalue weighted by Crippen LogP contribution is 2.30. The maximum Gasteiger partial charge on any atom is 0.290 e. The number of thioether (sulfide) groups is 1. The zero-order chi connectivity index (χ0) is 19.9. The molecule has 2 saturated heterocycles. The zero-order valence-electron chi connectivity index (χ0n) is 16.3. The second kappa shape index (κ2) is 11.2. The molecule has 2 aliphatic heterocycles. The molecule has 0 saturated carbocycles. The molecule has 0 radical (unpaired) electrons. The number of nitrogens with one attached hydrogen (secondary N) is 1. The summed E-state index contributed by atoms with van der Waals surface area (Å²) in [6.07, 6.45) is 4.93. The Kier molecular flexibility index (Phi) is 9.00. The topological polar surface area (TPSA) is 95.7 Å². The second-order valence-electron chi connectivity index (χ2n) is 6.88. The first-order chi connectivity index (χ1) is 13.6. The third kappa shape index (κ3) is 6.22. The van der Waals surface area contributed by atoms with Crippen molar-refractivity contribution < 1.29 is 14.4 Å². The number of rotatable bonds is 6. The van der Waals surface area contributed by atoms with Crippen LogP contribution in [0.5, 0.6) is 0 Å². The van der Waals surface area contributed by atoms with Gasteiger partial charge in [-0.25, -0.2) is 0 Å². The van der Waals surface area contributed by atoms with Crippen LogP contribution in [-0.4, -0.2) is 54.7 Å². The van der Waals surface area contributed by atoms with E-state index in [1.807, 2.05) is 29.2 Å². The Hall–Kier alpha value is -2.03. The molecule has 7 nitrogen and oxygen atoms in total. The first-order valence-electron chi connectivity index (χ1n) is 9.65. The molecule has 2 heterocycles. The lowest BCUT2D eigenvalue weighted by Crippen LogP contribution is -2.35. The lowest BCUT2D eigenvalue weighted by atomic mass is 10.1. The van der Waals surface area contributed by atoms with E-state index in [1.165, 1.54) is 0 Å². The van der Waals surface area contributed by atoms with Gasteiger partial charge in [0, 0.05) is 38.3 Å². The molecule has 0 unspecified atom stereocenters. The van der Waals surface area contributed by atoms with E-state index in [2.05, 4.69) is 10.2 Å². The average Bonchev–Trinajstić information content (AvgIpc) is 2.87. The summed E-state index contributed by atoms with van der Waals surface area (Å²) >= 11 is 0.923. The van der Waals surface area contributed by atoms with E-state index in [-0.39, 0.29) is 29.5 Å². The predicted molar refractivity (Wildman–Crippen MR) is 119 cm³/mol. The van der Waals surface area contributed by atoms with Gasteiger partial charge >= 0.3 is 0 Å². The highest BCUT2D eigenvalue weighted by Gasteiger charge is 2.26. The van der Waals surface area contributed by atoms with Crippen LogP contribution in [0.25, 0.3) is 6.08 Å². The van der Waals surface area contributed by atoms with Crippen LogP contribution >= 0.6 is 24.2 Å². The fourth-order valence-corrected chi connectivity index (χ4v) is 4.12. The van der Waals surface area contributed by atoms with Crippen LogP contribution in [0.1, 0.15) is 31.2 Å². The fourth-order valence-electron chi connectivity index (χ4n) is 3.45. The number of halogens is 1. The molecule has 0 aliphatic carbocycles. The van der Waals surface area contributed by atoms with Crippen LogP contribution in [0, 0.1) is 0 Å². The molecular weight excluding hydrogens is 412 g/mol. The molecule has 3 amide bonds. The van der Waals surface area contributed by atoms with Crippen molar-refractivity contribution in [3.63, 3.8) is 0 Å². The van der Waals surface area contributed by atoms with Gasteiger partial charge in [-0.2, -0.15) is 0 Å². The van der Waals surface area contributed by atoms with Crippen LogP contribution in [-0.2, 0) is 9.59 Å². The normalized spacial score (nSPS) is 18.4. The number of imide groups is 1. The van der Waals surface area contributed by atoms with E-state index in [0.29, 0.717) is 24.4 Å². The molecule has 3 N–H and O–H groups in total. The van der Waals surface area contributed by atoms with Gasteiger partial charge in [0.1, 0.15) is 0 Å². The Bertz CT molecular complexity index is 787. The Labute approximate surface area is 181 Å². The number of para-hydroxylation sites is 1. The largest absolute Gasteiger partial charge is 0.369 e. The Morgan fingerprint density at radius 1 is 1.14 bits per heavy atom. The first-order valence-corrected chi connectivity index (χ1v) is 10.5. The Balaban J connectivity index is 0.00000300. The molecule has 3 rings (SSSR count). The smallest absolute Gasteiger partial charge is 0.290 e. The Morgan fingerprint density at radius 2 is 1.93 bits per heavy atom. The van der Waals surface area contributed by atoms with Crippen molar-refractivity contribution in [1.82, 2.24) is 10.2 Å². The third-order valence-electron chi connectivity index (χ3n) is 4.90. The van der Waals surface area contributed by atoms with Gasteiger partial charge in [-0.1, -0.05) is 18.2 Å². The van der Waals surface area contributed by atoms with Crippen LogP contribution in [0.3, 0.4) is 0 Å². The minimum Gasteiger partial charge on any atom is -0.369 e. The minimum atomic E-state index is -0.352. The fraction of sp³-hybridized carbons (Fsp3) is 0.450. The lowest BCUT2D eigenvalue weighted by Gasteiger charge is -2.25. The summed E-state index contributed by atoms with van der Waals surface area (Å²) < 4.78 is 0. The zero-order valence-corrected chi connectivity index (χ0v) is 17.9. The van der Waals surface area contributed by atoms with E-state index in [0.717, 1.165) is 61.9 Å². The summed E-state index contributed by atoms with van der Waals surface area (Å²) in [7, 11) is 0. The number of carbonyl (C=O) groups excluding carboxylic acids is 3. The van der Waals surface area contributed by atoms with Gasteiger partial charge in [-0.3, -0.25) is 19.7 Å². The van der Waals surface area contributed by atoms with Gasteiger partial charge in [0.15, 0.2) is 0 Å². The van der Waals surface area contributed by atoms with Crippen molar-refractivity contribution in [2.75, 3.05) is 37.6 Å². The molecular formula is C20H27ClN4O3S. The number of carbonyl (C=O) groups is 3. The van der Waals surface area contributed by atoms with Gasteiger partial charge in [0.25, 0.3) is 11.1 Å². The molecule has 9 heteroatoms. The van der Waals surface area contributed by atoms with Crippen LogP contribution < -0.4 is 16.0 Å². The van der Waals surface area contributed by atoms with E-state index in [4.69, 9.17) is 5.73 Å². The van der Waals surface area contributed by atoms with Gasteiger partial charge < -0.3 is 15.5 Å². The molecule has 1 aromatic rings. The van der Waals surface area contributed by atoms with Gasteiger partial charge in [-0.15, -0.1) is 12.4 Å². The summed E-state index contributed by atoms with van der Waals surface area (Å²) in [6, 6.07) is 7.84. The van der Waals surface area contributed by atoms with E-state index in [1.54, 1.807) is 6.08 Å². The van der Waals surface area contributed by atoms with Crippen molar-refractivity contribution in [3.8, 4) is 0 Å². The summed E-state index contributed by atoms with van der Waals surface area (Å²) in [5.74, 6) is -0.154. The molecule has 0 spiro atoms. The molecule has 0 atom stereocenters. The van der Waals surface area contributed by atoms with Crippen molar-refractivity contribution in [3.05, 3.63) is 34.7 Å². The summed E-state index contributed by atoms with van der Waals surface area (Å²) in [4.78, 5) is 40.3. The maximum atomic E-state index is 12.4. The summed E-state index contributed by atoms with van der Waals surface area (Å²) in [5.41, 5.74) is 7.42. The van der Waals surface area contributed by atoms with Crippen molar-refractivity contribution >= 4 is 53.0 Å². The number of amides is 3. The predicted octanol–water partition coefficient (Wildman–Crippen LogP) is 2.60. The standard InChI is InChI=1S/C20H26N4O3S.ClH/c21-9-4-3-8-18(25)24-11-5-10-23(12-13-24)16-7-2-1-6-15(16)14-17-19(26)22-20(27)28-17;/h1-2,6-7,14H,3-5,8-13,21H2,(H,22,26,27);1H. The number of nitrogens with two attached hydrogens (primary N) is 1. The van der Waals surface area contributed by atoms with Gasteiger partial charge in [0.05, 0.1) is 4.91 Å². The molecule has 1 aromatic carbocycles. The molecule has 0 aromatic heterocycles. The van der Waals surface area contributed by atoms with E-state index >= 15 is 0 Å². The van der Waals surface area contributed by atoms with Crippen molar-refractivity contribution in [2.24, 2.45) is 5.73 Å². The average molecular weight is 439 g/mol. The SMILES string of the molecule is Cl.NCCCCC(=O)N1CCCN(c2ccccc2C=C2SC(=O)NC2=O)CC1. The number of unbranched alkanes of at least 4 members (excludes halogenated alkanes) is 1. The summed E-state index contributed by atoms with van der Waals surface area (Å²) in [5, 5.41) is 1.95. The number of hydrogen-bond acceptors (Lipinski definition) is 6. The number of benzene rings is 1.